The molecule has 0 unspecified atom stereocenters. The zero-order valence-electron chi connectivity index (χ0n) is 13.5. The van der Waals surface area contributed by atoms with Crippen LogP contribution in [0.25, 0.3) is 0 Å². The minimum absolute atomic E-state index is 0.0681. The molecule has 7 heteroatoms. The van der Waals surface area contributed by atoms with Gasteiger partial charge in [-0.3, -0.25) is 4.79 Å². The standard InChI is InChI=1S/C16H22N2O5/c1-11(2)17-16(21)14(10-15(20)22-3)18-12-4-6-13(7-5-12)23-9-8-19/h4-7,10-11,18-19H,8-9H2,1-3H3,(H,17,21)/b14-10+. The number of benzene rings is 1. The maximum atomic E-state index is 12.1. The number of nitrogens with one attached hydrogen (secondary N) is 2. The molecule has 0 atom stereocenters. The van der Waals surface area contributed by atoms with Crippen molar-refractivity contribution in [3.8, 4) is 5.75 Å². The van der Waals surface area contributed by atoms with Crippen molar-refractivity contribution < 1.29 is 24.2 Å². The van der Waals surface area contributed by atoms with Crippen LogP contribution in [0.2, 0.25) is 0 Å². The maximum Gasteiger partial charge on any atom is 0.332 e. The van der Waals surface area contributed by atoms with E-state index >= 15 is 0 Å². The van der Waals surface area contributed by atoms with Crippen molar-refractivity contribution in [1.29, 1.82) is 0 Å². The first-order chi connectivity index (χ1) is 11.0. The minimum Gasteiger partial charge on any atom is -0.491 e. The molecule has 1 rings (SSSR count). The molecule has 7 nitrogen and oxygen atoms in total. The lowest BCUT2D eigenvalue weighted by Crippen LogP contribution is -2.34. The number of amides is 1. The van der Waals surface area contributed by atoms with Crippen LogP contribution in [-0.2, 0) is 14.3 Å². The van der Waals surface area contributed by atoms with Crippen LogP contribution in [-0.4, -0.2) is 43.3 Å². The number of aliphatic hydroxyl groups is 1. The molecule has 3 N–H and O–H groups in total. The van der Waals surface area contributed by atoms with Crippen LogP contribution in [0.15, 0.2) is 36.0 Å². The largest absolute Gasteiger partial charge is 0.491 e. The molecule has 0 fully saturated rings. The number of anilines is 1. The Hall–Kier alpha value is -2.54. The molecule has 23 heavy (non-hydrogen) atoms. The van der Waals surface area contributed by atoms with Gasteiger partial charge in [0.25, 0.3) is 5.91 Å². The van der Waals surface area contributed by atoms with Gasteiger partial charge in [-0.25, -0.2) is 4.79 Å². The lowest BCUT2D eigenvalue weighted by Gasteiger charge is -2.14. The van der Waals surface area contributed by atoms with Crippen LogP contribution < -0.4 is 15.4 Å². The van der Waals surface area contributed by atoms with Crippen LogP contribution in [0.1, 0.15) is 13.8 Å². The summed E-state index contributed by atoms with van der Waals surface area (Å²) in [4.78, 5) is 23.5. The summed E-state index contributed by atoms with van der Waals surface area (Å²) in [6, 6.07) is 6.70. The molecule has 0 aliphatic rings. The number of ether oxygens (including phenoxy) is 2. The summed E-state index contributed by atoms with van der Waals surface area (Å²) in [6.45, 7) is 3.78. The normalized spacial score (nSPS) is 11.1. The number of esters is 1. The highest BCUT2D eigenvalue weighted by Crippen LogP contribution is 2.17. The van der Waals surface area contributed by atoms with E-state index in [1.54, 1.807) is 24.3 Å². The van der Waals surface area contributed by atoms with Crippen LogP contribution in [0.3, 0.4) is 0 Å². The molecule has 0 saturated heterocycles. The third kappa shape index (κ3) is 6.84. The highest BCUT2D eigenvalue weighted by atomic mass is 16.5. The van der Waals surface area contributed by atoms with Gasteiger partial charge in [-0.1, -0.05) is 0 Å². The van der Waals surface area contributed by atoms with Crippen LogP contribution in [0.4, 0.5) is 5.69 Å². The smallest absolute Gasteiger partial charge is 0.332 e. The molecule has 1 aromatic carbocycles. The average Bonchev–Trinajstić information content (AvgIpc) is 2.52. The van der Waals surface area contributed by atoms with Gasteiger partial charge < -0.3 is 25.2 Å². The molecule has 0 radical (unpaired) electrons. The highest BCUT2D eigenvalue weighted by Gasteiger charge is 2.13. The quantitative estimate of drug-likeness (QED) is 0.489. The zero-order chi connectivity index (χ0) is 17.2. The lowest BCUT2D eigenvalue weighted by molar-refractivity contribution is -0.135. The van der Waals surface area contributed by atoms with E-state index in [4.69, 9.17) is 9.84 Å². The Morgan fingerprint density at radius 1 is 1.26 bits per heavy atom. The second-order valence-corrected chi connectivity index (χ2v) is 4.93. The molecule has 126 valence electrons. The van der Waals surface area contributed by atoms with E-state index in [1.807, 2.05) is 13.8 Å². The second-order valence-electron chi connectivity index (χ2n) is 4.93. The second kappa shape index (κ2) is 9.47. The molecular weight excluding hydrogens is 300 g/mol. The first kappa shape index (κ1) is 18.5. The van der Waals surface area contributed by atoms with Gasteiger partial charge in [0.2, 0.25) is 0 Å². The SMILES string of the molecule is COC(=O)/C=C(/Nc1ccc(OCCO)cc1)C(=O)NC(C)C. The topological polar surface area (TPSA) is 96.9 Å². The van der Waals surface area contributed by atoms with E-state index in [0.29, 0.717) is 11.4 Å². The summed E-state index contributed by atoms with van der Waals surface area (Å²) < 4.78 is 9.81. The molecular formula is C16H22N2O5. The third-order valence-electron chi connectivity index (χ3n) is 2.62. The van der Waals surface area contributed by atoms with Crippen LogP contribution in [0.5, 0.6) is 5.75 Å². The molecule has 0 bridgehead atoms. The molecule has 0 spiro atoms. The Balaban J connectivity index is 2.86. The van der Waals surface area contributed by atoms with E-state index in [-0.39, 0.29) is 25.0 Å². The lowest BCUT2D eigenvalue weighted by atomic mass is 10.2. The van der Waals surface area contributed by atoms with Gasteiger partial charge >= 0.3 is 5.97 Å². The van der Waals surface area contributed by atoms with Crippen molar-refractivity contribution in [1.82, 2.24) is 5.32 Å². The summed E-state index contributed by atoms with van der Waals surface area (Å²) in [5.41, 5.74) is 0.685. The Bertz CT molecular complexity index is 552. The zero-order valence-corrected chi connectivity index (χ0v) is 13.5. The highest BCUT2D eigenvalue weighted by molar-refractivity contribution is 6.01. The van der Waals surface area contributed by atoms with Crippen molar-refractivity contribution in [2.75, 3.05) is 25.6 Å². The van der Waals surface area contributed by atoms with Gasteiger partial charge in [-0.2, -0.15) is 0 Å². The fourth-order valence-corrected chi connectivity index (χ4v) is 1.63. The summed E-state index contributed by atoms with van der Waals surface area (Å²) in [5, 5.41) is 14.3. The van der Waals surface area contributed by atoms with Gasteiger partial charge in [0.05, 0.1) is 19.8 Å². The van der Waals surface area contributed by atoms with Crippen LogP contribution in [0, 0.1) is 0 Å². The minimum atomic E-state index is -0.630. The summed E-state index contributed by atoms with van der Waals surface area (Å²) in [5.74, 6) is -0.449. The number of methoxy groups -OCH3 is 1. The molecule has 1 amide bonds. The van der Waals surface area contributed by atoms with Gasteiger partial charge in [0, 0.05) is 11.7 Å². The summed E-state index contributed by atoms with van der Waals surface area (Å²) in [7, 11) is 1.24. The molecule has 0 saturated carbocycles. The van der Waals surface area contributed by atoms with Gasteiger partial charge in [-0.15, -0.1) is 0 Å². The van der Waals surface area contributed by atoms with E-state index < -0.39 is 11.9 Å². The Morgan fingerprint density at radius 3 is 2.43 bits per heavy atom. The van der Waals surface area contributed by atoms with Crippen molar-refractivity contribution in [2.24, 2.45) is 0 Å². The fourth-order valence-electron chi connectivity index (χ4n) is 1.63. The Labute approximate surface area is 135 Å². The maximum absolute atomic E-state index is 12.1. The van der Waals surface area contributed by atoms with E-state index in [2.05, 4.69) is 15.4 Å². The molecule has 0 aliphatic carbocycles. The van der Waals surface area contributed by atoms with Gasteiger partial charge in [-0.05, 0) is 38.1 Å². The number of hydrogen-bond acceptors (Lipinski definition) is 6. The fraction of sp³-hybridized carbons (Fsp3) is 0.375. The Morgan fingerprint density at radius 2 is 1.91 bits per heavy atom. The monoisotopic (exact) mass is 322 g/mol. The number of rotatable bonds is 8. The van der Waals surface area contributed by atoms with E-state index in [0.717, 1.165) is 6.08 Å². The third-order valence-corrected chi connectivity index (χ3v) is 2.62. The number of carbonyl (C=O) groups excluding carboxylic acids is 2. The summed E-state index contributed by atoms with van der Waals surface area (Å²) in [6.07, 6.45) is 1.09. The van der Waals surface area contributed by atoms with Crippen molar-refractivity contribution >= 4 is 17.6 Å². The predicted octanol–water partition coefficient (Wildman–Crippen LogP) is 1.05. The first-order valence-electron chi connectivity index (χ1n) is 7.17. The Kier molecular flexibility index (Phi) is 7.62. The van der Waals surface area contributed by atoms with E-state index in [1.165, 1.54) is 7.11 Å². The van der Waals surface area contributed by atoms with E-state index in [9.17, 15) is 9.59 Å². The molecule has 0 aliphatic heterocycles. The van der Waals surface area contributed by atoms with Gasteiger partial charge in [0.15, 0.2) is 0 Å². The molecule has 1 aromatic rings. The number of aliphatic hydroxyl groups excluding tert-OH is 1. The van der Waals surface area contributed by atoms with Crippen LogP contribution >= 0.6 is 0 Å². The summed E-state index contributed by atoms with van der Waals surface area (Å²) >= 11 is 0. The van der Waals surface area contributed by atoms with Crippen molar-refractivity contribution in [3.63, 3.8) is 0 Å². The first-order valence-corrected chi connectivity index (χ1v) is 7.17. The average molecular weight is 322 g/mol. The molecule has 0 aromatic heterocycles. The molecule has 0 heterocycles. The van der Waals surface area contributed by atoms with Crippen molar-refractivity contribution in [3.05, 3.63) is 36.0 Å². The number of carbonyl (C=O) groups is 2. The van der Waals surface area contributed by atoms with Crippen molar-refractivity contribution in [2.45, 2.75) is 19.9 Å². The predicted molar refractivity (Wildman–Crippen MR) is 86.0 cm³/mol. The van der Waals surface area contributed by atoms with Gasteiger partial charge in [0.1, 0.15) is 18.1 Å². The number of hydrogen-bond donors (Lipinski definition) is 3.